The van der Waals surface area contributed by atoms with Gasteiger partial charge < -0.3 is 9.47 Å². The Balaban J connectivity index is 1.39. The summed E-state index contributed by atoms with van der Waals surface area (Å²) in [5.41, 5.74) is 0.802. The maximum absolute atomic E-state index is 12.6. The van der Waals surface area contributed by atoms with E-state index in [-0.39, 0.29) is 11.9 Å². The Morgan fingerprint density at radius 3 is 2.20 bits per heavy atom. The van der Waals surface area contributed by atoms with Crippen LogP contribution in [-0.4, -0.2) is 27.5 Å². The smallest absolute Gasteiger partial charge is 0.314 e. The van der Waals surface area contributed by atoms with E-state index >= 15 is 0 Å². The first kappa shape index (κ1) is 27.1. The number of aromatic nitrogens is 3. The molecule has 2 aromatic rings. The molecule has 6 nitrogen and oxygen atoms in total. The highest BCUT2D eigenvalue weighted by molar-refractivity contribution is 5.75. The number of carbonyl (C=O) groups excluding carboxylic acids is 1. The van der Waals surface area contributed by atoms with Gasteiger partial charge in [0.15, 0.2) is 11.6 Å². The van der Waals surface area contributed by atoms with E-state index in [2.05, 4.69) is 28.8 Å². The molecule has 192 valence electrons. The molecule has 0 aromatic carbocycles. The summed E-state index contributed by atoms with van der Waals surface area (Å²) in [5, 5.41) is 0. The maximum Gasteiger partial charge on any atom is 0.314 e. The summed E-state index contributed by atoms with van der Waals surface area (Å²) in [6, 6.07) is 3.76. The fourth-order valence-electron chi connectivity index (χ4n) is 4.74. The van der Waals surface area contributed by atoms with Crippen LogP contribution in [0.2, 0.25) is 0 Å². The lowest BCUT2D eigenvalue weighted by molar-refractivity contribution is -0.140. The van der Waals surface area contributed by atoms with Crippen molar-refractivity contribution in [3.8, 4) is 23.0 Å². The van der Waals surface area contributed by atoms with Gasteiger partial charge in [-0.05, 0) is 44.1 Å². The zero-order chi connectivity index (χ0) is 24.7. The van der Waals surface area contributed by atoms with Crippen molar-refractivity contribution in [3.63, 3.8) is 0 Å². The molecular formula is C29H43N3O3. The molecule has 1 fully saturated rings. The van der Waals surface area contributed by atoms with Crippen LogP contribution in [0.15, 0.2) is 30.7 Å². The third-order valence-electron chi connectivity index (χ3n) is 6.98. The summed E-state index contributed by atoms with van der Waals surface area (Å²) < 4.78 is 11.3. The molecule has 2 heterocycles. The Bertz CT molecular complexity index is 846. The van der Waals surface area contributed by atoms with E-state index in [0.717, 1.165) is 43.6 Å². The van der Waals surface area contributed by atoms with E-state index in [9.17, 15) is 4.79 Å². The minimum Gasteiger partial charge on any atom is -0.478 e. The molecular weight excluding hydrogens is 438 g/mol. The summed E-state index contributed by atoms with van der Waals surface area (Å²) in [6.45, 7) is 5.16. The fraction of sp³-hybridized carbons (Fsp3) is 0.655. The van der Waals surface area contributed by atoms with E-state index in [1.54, 1.807) is 18.6 Å². The summed E-state index contributed by atoms with van der Waals surface area (Å²) >= 11 is 0. The van der Waals surface area contributed by atoms with Gasteiger partial charge in [0.2, 0.25) is 5.88 Å². The van der Waals surface area contributed by atoms with E-state index in [0.29, 0.717) is 24.1 Å². The quantitative estimate of drug-likeness (QED) is 0.193. The Kier molecular flexibility index (Phi) is 12.0. The monoisotopic (exact) mass is 481 g/mol. The maximum atomic E-state index is 12.6. The first-order valence-electron chi connectivity index (χ1n) is 13.8. The largest absolute Gasteiger partial charge is 0.478 e. The molecule has 0 amide bonds. The molecule has 0 spiro atoms. The van der Waals surface area contributed by atoms with Gasteiger partial charge in [0.1, 0.15) is 0 Å². The number of hydrogen-bond donors (Lipinski definition) is 0. The second-order valence-electron chi connectivity index (χ2n) is 9.88. The minimum atomic E-state index is -0.151. The third kappa shape index (κ3) is 9.58. The number of carbonyl (C=O) groups is 1. The Labute approximate surface area is 211 Å². The van der Waals surface area contributed by atoms with Crippen molar-refractivity contribution in [1.82, 2.24) is 15.0 Å². The van der Waals surface area contributed by atoms with Gasteiger partial charge in [0.05, 0.1) is 24.9 Å². The van der Waals surface area contributed by atoms with Gasteiger partial charge in [-0.2, -0.15) is 0 Å². The normalized spacial score (nSPS) is 17.8. The molecule has 2 aromatic heterocycles. The number of unbranched alkanes of at least 4 members (excludes halogenated alkanes) is 7. The standard InChI is InChI=1S/C29H43N3O3/c1-3-5-7-8-9-11-19-34-27-18-17-25(20-30-27)28-31-21-26(22-32-28)35-29(33)24-15-13-23(14-16-24)12-10-6-4-2/h17-18,20-24H,3-16,19H2,1-2H3. The van der Waals surface area contributed by atoms with E-state index < -0.39 is 0 Å². The van der Waals surface area contributed by atoms with Crippen molar-refractivity contribution in [2.24, 2.45) is 11.8 Å². The van der Waals surface area contributed by atoms with Gasteiger partial charge in [0, 0.05) is 17.8 Å². The summed E-state index contributed by atoms with van der Waals surface area (Å²) in [4.78, 5) is 25.7. The van der Waals surface area contributed by atoms with Crippen LogP contribution in [0.3, 0.4) is 0 Å². The molecule has 1 aliphatic carbocycles. The van der Waals surface area contributed by atoms with Gasteiger partial charge in [-0.1, -0.05) is 71.6 Å². The van der Waals surface area contributed by atoms with Gasteiger partial charge >= 0.3 is 5.97 Å². The highest BCUT2D eigenvalue weighted by Gasteiger charge is 2.27. The van der Waals surface area contributed by atoms with E-state index in [1.165, 1.54) is 57.8 Å². The molecule has 0 aliphatic heterocycles. The molecule has 0 N–H and O–H groups in total. The average molecular weight is 482 g/mol. The van der Waals surface area contributed by atoms with Crippen LogP contribution in [0.4, 0.5) is 0 Å². The predicted molar refractivity (Wildman–Crippen MR) is 139 cm³/mol. The van der Waals surface area contributed by atoms with Crippen molar-refractivity contribution in [1.29, 1.82) is 0 Å². The van der Waals surface area contributed by atoms with E-state index in [1.807, 2.05) is 12.1 Å². The SMILES string of the molecule is CCCCCCCCOc1ccc(-c2ncc(OC(=O)C3CCC(CCCCC)CC3)cn2)cn1. The zero-order valence-electron chi connectivity index (χ0n) is 21.7. The van der Waals surface area contributed by atoms with Gasteiger partial charge in [-0.3, -0.25) is 4.79 Å². The molecule has 1 saturated carbocycles. The Morgan fingerprint density at radius 1 is 0.829 bits per heavy atom. The zero-order valence-corrected chi connectivity index (χ0v) is 21.7. The molecule has 0 unspecified atom stereocenters. The number of rotatable bonds is 15. The van der Waals surface area contributed by atoms with Gasteiger partial charge in [-0.25, -0.2) is 15.0 Å². The highest BCUT2D eigenvalue weighted by Crippen LogP contribution is 2.33. The molecule has 1 aliphatic rings. The summed E-state index contributed by atoms with van der Waals surface area (Å²) in [6.07, 6.45) is 21.6. The van der Waals surface area contributed by atoms with Crippen LogP contribution in [0.1, 0.15) is 104 Å². The molecule has 35 heavy (non-hydrogen) atoms. The predicted octanol–water partition coefficient (Wildman–Crippen LogP) is 7.57. The number of esters is 1. The fourth-order valence-corrected chi connectivity index (χ4v) is 4.74. The van der Waals surface area contributed by atoms with E-state index in [4.69, 9.17) is 9.47 Å². The lowest BCUT2D eigenvalue weighted by Crippen LogP contribution is -2.25. The van der Waals surface area contributed by atoms with Crippen molar-refractivity contribution >= 4 is 5.97 Å². The van der Waals surface area contributed by atoms with Crippen molar-refractivity contribution in [2.75, 3.05) is 6.61 Å². The third-order valence-corrected chi connectivity index (χ3v) is 6.98. The molecule has 0 saturated heterocycles. The molecule has 3 rings (SSSR count). The summed E-state index contributed by atoms with van der Waals surface area (Å²) in [5.74, 6) is 2.18. The van der Waals surface area contributed by atoms with Gasteiger partial charge in [0.25, 0.3) is 0 Å². The Morgan fingerprint density at radius 2 is 1.51 bits per heavy atom. The van der Waals surface area contributed by atoms with Crippen LogP contribution in [0, 0.1) is 11.8 Å². The minimum absolute atomic E-state index is 0.00909. The van der Waals surface area contributed by atoms with Crippen LogP contribution in [0.5, 0.6) is 11.6 Å². The van der Waals surface area contributed by atoms with Crippen LogP contribution in [-0.2, 0) is 4.79 Å². The lowest BCUT2D eigenvalue weighted by atomic mass is 9.80. The van der Waals surface area contributed by atoms with Crippen molar-refractivity contribution in [2.45, 2.75) is 104 Å². The van der Waals surface area contributed by atoms with Crippen LogP contribution < -0.4 is 9.47 Å². The van der Waals surface area contributed by atoms with Crippen molar-refractivity contribution in [3.05, 3.63) is 30.7 Å². The number of hydrogen-bond acceptors (Lipinski definition) is 6. The molecule has 6 heteroatoms. The molecule has 0 radical (unpaired) electrons. The first-order valence-corrected chi connectivity index (χ1v) is 13.8. The van der Waals surface area contributed by atoms with Crippen LogP contribution >= 0.6 is 0 Å². The second kappa shape index (κ2) is 15.5. The average Bonchev–Trinajstić information content (AvgIpc) is 2.89. The lowest BCUT2D eigenvalue weighted by Gasteiger charge is -2.27. The number of pyridine rings is 1. The molecule has 0 atom stereocenters. The van der Waals surface area contributed by atoms with Gasteiger partial charge in [-0.15, -0.1) is 0 Å². The summed E-state index contributed by atoms with van der Waals surface area (Å²) in [7, 11) is 0. The number of ether oxygens (including phenoxy) is 2. The first-order chi connectivity index (χ1) is 17.2. The van der Waals surface area contributed by atoms with Crippen LogP contribution in [0.25, 0.3) is 11.4 Å². The number of nitrogens with zero attached hydrogens (tertiary/aromatic N) is 3. The van der Waals surface area contributed by atoms with Crippen molar-refractivity contribution < 1.29 is 14.3 Å². The molecule has 0 bridgehead atoms. The topological polar surface area (TPSA) is 74.2 Å². The highest BCUT2D eigenvalue weighted by atomic mass is 16.5. The Hall–Kier alpha value is -2.50. The second-order valence-corrected chi connectivity index (χ2v) is 9.88.